The SMILES string of the molecule is C.C.CN(CCCC(=O)NO)CCNC(=O)c1cccc(N)c1.COC(=O)CCCN(C)CCN.Nc1cccc(C(=O)O)c1. The Morgan fingerprint density at radius 2 is 1.33 bits per heavy atom. The number of methoxy groups -OCH3 is 1. The highest BCUT2D eigenvalue weighted by molar-refractivity contribution is 5.95. The van der Waals surface area contributed by atoms with Crippen molar-refractivity contribution in [2.75, 3.05) is 71.9 Å². The van der Waals surface area contributed by atoms with Crippen molar-refractivity contribution in [3.05, 3.63) is 59.7 Å². The van der Waals surface area contributed by atoms with E-state index in [-0.39, 0.29) is 38.7 Å². The molecule has 0 heterocycles. The van der Waals surface area contributed by atoms with Gasteiger partial charge in [0.15, 0.2) is 0 Å². The molecule has 0 aliphatic heterocycles. The van der Waals surface area contributed by atoms with E-state index in [2.05, 4.69) is 15.0 Å². The Bertz CT molecular complexity index is 1120. The molecule has 14 heteroatoms. The Morgan fingerprint density at radius 3 is 1.80 bits per heavy atom. The van der Waals surface area contributed by atoms with Crippen molar-refractivity contribution in [1.82, 2.24) is 20.6 Å². The minimum atomic E-state index is -0.952. The Hall–Kier alpha value is -4.24. The topological polar surface area (TPSA) is 227 Å². The number of carbonyl (C=O) groups is 4. The highest BCUT2D eigenvalue weighted by atomic mass is 16.5. The van der Waals surface area contributed by atoms with Crippen molar-refractivity contribution < 1.29 is 34.2 Å². The van der Waals surface area contributed by atoms with Gasteiger partial charge >= 0.3 is 11.9 Å². The van der Waals surface area contributed by atoms with Crippen LogP contribution in [-0.4, -0.2) is 104 Å². The summed E-state index contributed by atoms with van der Waals surface area (Å²) in [6, 6.07) is 13.0. The number of likely N-dealkylation sites (N-methyl/N-ethyl adjacent to an activating group) is 2. The third-order valence-electron chi connectivity index (χ3n) is 5.79. The molecular weight excluding hydrogens is 582 g/mol. The van der Waals surface area contributed by atoms with Gasteiger partial charge in [0.2, 0.25) is 5.91 Å². The summed E-state index contributed by atoms with van der Waals surface area (Å²) in [6.07, 6.45) is 2.25. The lowest BCUT2D eigenvalue weighted by Crippen LogP contribution is -2.33. The standard InChI is InChI=1S/C14H22N4O3.C8H18N2O2.C7H7NO2.2CH4/c1-18(8-3-6-13(19)17-21)9-7-16-14(20)11-4-2-5-12(15)10-11;1-10(7-5-9)6-3-4-8(11)12-2;8-6-3-1-2-5(4-6)7(9)10;;/h2,4-5,10,21H,3,6-9,15H2,1H3,(H,16,20)(H,17,19);3-7,9H2,1-2H3;1-4H,8H2,(H,9,10);2*1H4. The summed E-state index contributed by atoms with van der Waals surface area (Å²) in [4.78, 5) is 47.8. The average molecular weight is 638 g/mol. The van der Waals surface area contributed by atoms with E-state index in [1.54, 1.807) is 41.9 Å². The minimum absolute atomic E-state index is 0. The van der Waals surface area contributed by atoms with Crippen LogP contribution in [0.15, 0.2) is 48.5 Å². The van der Waals surface area contributed by atoms with Crippen LogP contribution in [0.3, 0.4) is 0 Å². The second kappa shape index (κ2) is 27.3. The number of amides is 2. The highest BCUT2D eigenvalue weighted by Crippen LogP contribution is 2.06. The fourth-order valence-electron chi connectivity index (χ4n) is 3.42. The molecule has 0 aliphatic rings. The van der Waals surface area contributed by atoms with Crippen molar-refractivity contribution in [2.24, 2.45) is 5.73 Å². The van der Waals surface area contributed by atoms with Gasteiger partial charge in [-0.1, -0.05) is 27.0 Å². The molecule has 0 bridgehead atoms. The molecule has 2 aromatic rings. The van der Waals surface area contributed by atoms with Gasteiger partial charge < -0.3 is 42.2 Å². The number of nitrogens with zero attached hydrogens (tertiary/aromatic N) is 2. The van der Waals surface area contributed by atoms with E-state index in [1.807, 2.05) is 19.0 Å². The molecule has 14 nitrogen and oxygen atoms in total. The second-order valence-corrected chi connectivity index (χ2v) is 9.53. The lowest BCUT2D eigenvalue weighted by molar-refractivity contribution is -0.140. The molecule has 10 N–H and O–H groups in total. The maximum absolute atomic E-state index is 11.9. The molecule has 0 radical (unpaired) electrons. The molecule has 0 aromatic heterocycles. The number of hydrogen-bond donors (Lipinski definition) is 7. The summed E-state index contributed by atoms with van der Waals surface area (Å²) in [5.41, 5.74) is 19.7. The molecular formula is C31H55N7O7. The van der Waals surface area contributed by atoms with Gasteiger partial charge in [-0.2, -0.15) is 0 Å². The Labute approximate surface area is 267 Å². The number of carbonyl (C=O) groups excluding carboxylic acids is 3. The maximum Gasteiger partial charge on any atom is 0.335 e. The number of esters is 1. The molecule has 2 rings (SSSR count). The van der Waals surface area contributed by atoms with E-state index in [1.165, 1.54) is 19.2 Å². The lowest BCUT2D eigenvalue weighted by Gasteiger charge is -2.16. The van der Waals surface area contributed by atoms with Crippen molar-refractivity contribution in [1.29, 1.82) is 0 Å². The van der Waals surface area contributed by atoms with Gasteiger partial charge in [-0.05, 0) is 76.4 Å². The van der Waals surface area contributed by atoms with Crippen LogP contribution in [0.5, 0.6) is 0 Å². The minimum Gasteiger partial charge on any atom is -0.478 e. The van der Waals surface area contributed by atoms with E-state index in [0.717, 1.165) is 19.5 Å². The summed E-state index contributed by atoms with van der Waals surface area (Å²) < 4.78 is 4.51. The summed E-state index contributed by atoms with van der Waals surface area (Å²) in [6.45, 7) is 4.33. The molecule has 0 saturated carbocycles. The van der Waals surface area contributed by atoms with Gasteiger partial charge in [-0.25, -0.2) is 10.3 Å². The number of carboxylic acids is 1. The Balaban J connectivity index is -0.000000627. The molecule has 0 fully saturated rings. The van der Waals surface area contributed by atoms with Gasteiger partial charge in [-0.3, -0.25) is 19.6 Å². The number of nitrogens with one attached hydrogen (secondary N) is 2. The number of benzene rings is 2. The van der Waals surface area contributed by atoms with Crippen LogP contribution in [0.2, 0.25) is 0 Å². The van der Waals surface area contributed by atoms with Crippen LogP contribution in [0, 0.1) is 0 Å². The smallest absolute Gasteiger partial charge is 0.335 e. The Kier molecular flexibility index (Phi) is 27.4. The molecule has 0 spiro atoms. The predicted molar refractivity (Wildman–Crippen MR) is 179 cm³/mol. The van der Waals surface area contributed by atoms with Crippen LogP contribution in [0.25, 0.3) is 0 Å². The third kappa shape index (κ3) is 23.8. The van der Waals surface area contributed by atoms with Gasteiger partial charge in [0.25, 0.3) is 5.91 Å². The monoisotopic (exact) mass is 637 g/mol. The van der Waals surface area contributed by atoms with Crippen LogP contribution in [-0.2, 0) is 14.3 Å². The zero-order valence-corrected chi connectivity index (χ0v) is 25.3. The van der Waals surface area contributed by atoms with Gasteiger partial charge in [0.1, 0.15) is 0 Å². The second-order valence-electron chi connectivity index (χ2n) is 9.53. The first-order valence-corrected chi connectivity index (χ1v) is 13.7. The molecule has 0 aliphatic carbocycles. The van der Waals surface area contributed by atoms with E-state index in [9.17, 15) is 19.2 Å². The zero-order chi connectivity index (χ0) is 32.6. The number of nitrogen functional groups attached to an aromatic ring is 2. The quantitative estimate of drug-likeness (QED) is 0.0646. The molecule has 0 unspecified atom stereocenters. The molecule has 256 valence electrons. The molecule has 45 heavy (non-hydrogen) atoms. The van der Waals surface area contributed by atoms with Crippen molar-refractivity contribution >= 4 is 35.1 Å². The van der Waals surface area contributed by atoms with Crippen molar-refractivity contribution in [2.45, 2.75) is 40.5 Å². The lowest BCUT2D eigenvalue weighted by atomic mass is 10.2. The molecule has 0 saturated heterocycles. The molecule has 2 amide bonds. The number of aromatic carboxylic acids is 1. The highest BCUT2D eigenvalue weighted by Gasteiger charge is 2.07. The zero-order valence-electron chi connectivity index (χ0n) is 25.3. The summed E-state index contributed by atoms with van der Waals surface area (Å²) in [7, 11) is 5.31. The van der Waals surface area contributed by atoms with Gasteiger partial charge in [-0.15, -0.1) is 0 Å². The number of carboxylic acid groups (broad SMARTS) is 1. The third-order valence-corrected chi connectivity index (χ3v) is 5.79. The number of anilines is 2. The molecule has 0 atom stereocenters. The predicted octanol–water partition coefficient (Wildman–Crippen LogP) is 2.29. The first-order chi connectivity index (χ1) is 20.4. The number of nitrogens with two attached hydrogens (primary N) is 3. The number of hydroxylamine groups is 1. The number of hydrogen-bond acceptors (Lipinski definition) is 11. The summed E-state index contributed by atoms with van der Waals surface area (Å²) in [5.74, 6) is -1.64. The number of ether oxygens (including phenoxy) is 1. The average Bonchev–Trinajstić information content (AvgIpc) is 2.97. The van der Waals surface area contributed by atoms with E-state index < -0.39 is 11.9 Å². The van der Waals surface area contributed by atoms with Crippen LogP contribution in [0.1, 0.15) is 61.3 Å². The van der Waals surface area contributed by atoms with Crippen LogP contribution in [0.4, 0.5) is 11.4 Å². The van der Waals surface area contributed by atoms with E-state index in [0.29, 0.717) is 56.0 Å². The van der Waals surface area contributed by atoms with Gasteiger partial charge in [0.05, 0.1) is 12.7 Å². The fraction of sp³-hybridized carbons (Fsp3) is 0.484. The Morgan fingerprint density at radius 1 is 0.822 bits per heavy atom. The van der Waals surface area contributed by atoms with Crippen LogP contribution < -0.4 is 28.0 Å². The normalized spacial score (nSPS) is 9.67. The van der Waals surface area contributed by atoms with Crippen molar-refractivity contribution in [3.63, 3.8) is 0 Å². The maximum atomic E-state index is 11.9. The summed E-state index contributed by atoms with van der Waals surface area (Å²) in [5, 5.41) is 19.6. The van der Waals surface area contributed by atoms with Gasteiger partial charge in [0, 0.05) is 56.0 Å². The van der Waals surface area contributed by atoms with Crippen molar-refractivity contribution in [3.8, 4) is 0 Å². The van der Waals surface area contributed by atoms with E-state index in [4.69, 9.17) is 27.5 Å². The first kappa shape index (κ1) is 45.2. The van der Waals surface area contributed by atoms with E-state index >= 15 is 0 Å². The fourth-order valence-corrected chi connectivity index (χ4v) is 3.42. The van der Waals surface area contributed by atoms with Crippen LogP contribution >= 0.6 is 0 Å². The molecule has 2 aromatic carbocycles. The largest absolute Gasteiger partial charge is 0.478 e. The summed E-state index contributed by atoms with van der Waals surface area (Å²) >= 11 is 0. The first-order valence-electron chi connectivity index (χ1n) is 13.7. The number of rotatable bonds is 15.